The van der Waals surface area contributed by atoms with Crippen LogP contribution in [-0.4, -0.2) is 21.7 Å². The second-order valence-electron chi connectivity index (χ2n) is 7.90. The van der Waals surface area contributed by atoms with E-state index < -0.39 is 0 Å². The largest absolute Gasteiger partial charge is 0.349 e. The number of nitrogens with zero attached hydrogens (tertiary/aromatic N) is 2. The fourth-order valence-corrected chi connectivity index (χ4v) is 5.67. The van der Waals surface area contributed by atoms with Gasteiger partial charge < -0.3 is 5.32 Å². The maximum Gasteiger partial charge on any atom is 0.253 e. The molecule has 4 aliphatic rings. The van der Waals surface area contributed by atoms with E-state index in [-0.39, 0.29) is 5.91 Å². The lowest BCUT2D eigenvalue weighted by Crippen LogP contribution is -2.55. The standard InChI is InChI=1S/C20H23N3O/c24-20(17-4-1-2-5-18(17)23-7-3-6-21-23)22-19-15-9-13-8-14(11-15)12-16(19)10-13/h1-7,13-16,19H,8-12H2,(H,22,24). The van der Waals surface area contributed by atoms with Crippen molar-refractivity contribution in [1.29, 1.82) is 0 Å². The molecule has 1 amide bonds. The van der Waals surface area contributed by atoms with E-state index in [4.69, 9.17) is 0 Å². The summed E-state index contributed by atoms with van der Waals surface area (Å²) in [7, 11) is 0. The quantitative estimate of drug-likeness (QED) is 0.941. The molecule has 6 rings (SSSR count). The van der Waals surface area contributed by atoms with Crippen molar-refractivity contribution in [3.63, 3.8) is 0 Å². The van der Waals surface area contributed by atoms with Crippen LogP contribution in [0.15, 0.2) is 42.7 Å². The molecule has 2 aromatic rings. The number of carbonyl (C=O) groups excluding carboxylic acids is 1. The number of benzene rings is 1. The predicted octanol–water partition coefficient (Wildman–Crippen LogP) is 3.43. The molecule has 124 valence electrons. The van der Waals surface area contributed by atoms with Crippen LogP contribution >= 0.6 is 0 Å². The zero-order valence-corrected chi connectivity index (χ0v) is 13.8. The van der Waals surface area contributed by atoms with Crippen LogP contribution in [0.1, 0.15) is 42.5 Å². The third-order valence-corrected chi connectivity index (χ3v) is 6.42. The second-order valence-corrected chi connectivity index (χ2v) is 7.90. The number of aromatic nitrogens is 2. The molecule has 4 bridgehead atoms. The first kappa shape index (κ1) is 14.3. The van der Waals surface area contributed by atoms with E-state index in [1.807, 2.05) is 36.5 Å². The van der Waals surface area contributed by atoms with Crippen molar-refractivity contribution in [3.8, 4) is 5.69 Å². The van der Waals surface area contributed by atoms with Crippen molar-refractivity contribution in [1.82, 2.24) is 15.1 Å². The highest BCUT2D eigenvalue weighted by molar-refractivity contribution is 5.98. The molecule has 4 heteroatoms. The van der Waals surface area contributed by atoms with Gasteiger partial charge in [-0.05, 0) is 74.0 Å². The number of hydrogen-bond donors (Lipinski definition) is 1. The van der Waals surface area contributed by atoms with Gasteiger partial charge in [0, 0.05) is 18.4 Å². The lowest BCUT2D eigenvalue weighted by molar-refractivity contribution is -0.0119. The summed E-state index contributed by atoms with van der Waals surface area (Å²) in [6.45, 7) is 0. The summed E-state index contributed by atoms with van der Waals surface area (Å²) in [5.74, 6) is 3.30. The molecule has 4 saturated carbocycles. The van der Waals surface area contributed by atoms with Gasteiger partial charge in [-0.2, -0.15) is 5.10 Å². The van der Waals surface area contributed by atoms with Crippen LogP contribution < -0.4 is 5.32 Å². The molecule has 0 spiro atoms. The van der Waals surface area contributed by atoms with E-state index in [1.165, 1.54) is 32.1 Å². The third-order valence-electron chi connectivity index (χ3n) is 6.42. The summed E-state index contributed by atoms with van der Waals surface area (Å²) in [4.78, 5) is 13.0. The zero-order valence-electron chi connectivity index (χ0n) is 13.8. The highest BCUT2D eigenvalue weighted by Gasteiger charge is 2.48. The molecular formula is C20H23N3O. The first-order chi connectivity index (χ1) is 11.8. The van der Waals surface area contributed by atoms with Crippen LogP contribution in [-0.2, 0) is 0 Å². The Morgan fingerprint density at radius 3 is 2.38 bits per heavy atom. The van der Waals surface area contributed by atoms with E-state index in [0.29, 0.717) is 17.9 Å². The van der Waals surface area contributed by atoms with Gasteiger partial charge in [0.2, 0.25) is 0 Å². The van der Waals surface area contributed by atoms with Crippen LogP contribution in [0.3, 0.4) is 0 Å². The fourth-order valence-electron chi connectivity index (χ4n) is 5.67. The summed E-state index contributed by atoms with van der Waals surface area (Å²) < 4.78 is 1.77. The second kappa shape index (κ2) is 5.47. The summed E-state index contributed by atoms with van der Waals surface area (Å²) in [6.07, 6.45) is 10.3. The number of rotatable bonds is 3. The Morgan fingerprint density at radius 2 is 1.71 bits per heavy atom. The summed E-state index contributed by atoms with van der Waals surface area (Å²) in [6, 6.07) is 10.00. The van der Waals surface area contributed by atoms with Crippen molar-refractivity contribution >= 4 is 5.91 Å². The van der Waals surface area contributed by atoms with Gasteiger partial charge in [0.1, 0.15) is 0 Å². The van der Waals surface area contributed by atoms with E-state index >= 15 is 0 Å². The molecule has 24 heavy (non-hydrogen) atoms. The maximum absolute atomic E-state index is 13.0. The first-order valence-corrected chi connectivity index (χ1v) is 9.18. The number of carbonyl (C=O) groups is 1. The van der Waals surface area contributed by atoms with E-state index in [1.54, 1.807) is 10.9 Å². The lowest BCUT2D eigenvalue weighted by atomic mass is 9.54. The van der Waals surface area contributed by atoms with Crippen molar-refractivity contribution in [2.45, 2.75) is 38.1 Å². The SMILES string of the molecule is O=C(NC1C2CC3CC(C2)CC1C3)c1ccccc1-n1cccn1. The van der Waals surface area contributed by atoms with Crippen LogP contribution in [0.5, 0.6) is 0 Å². The van der Waals surface area contributed by atoms with E-state index in [0.717, 1.165) is 23.1 Å². The van der Waals surface area contributed by atoms with Crippen LogP contribution in [0.4, 0.5) is 0 Å². The van der Waals surface area contributed by atoms with Crippen molar-refractivity contribution in [3.05, 3.63) is 48.3 Å². The molecule has 4 nitrogen and oxygen atoms in total. The third kappa shape index (κ3) is 2.27. The molecule has 0 radical (unpaired) electrons. The van der Waals surface area contributed by atoms with Gasteiger partial charge >= 0.3 is 0 Å². The van der Waals surface area contributed by atoms with E-state index in [9.17, 15) is 4.79 Å². The van der Waals surface area contributed by atoms with Gasteiger partial charge in [-0.3, -0.25) is 4.79 Å². The average molecular weight is 321 g/mol. The Morgan fingerprint density at radius 1 is 1.00 bits per heavy atom. The number of hydrogen-bond acceptors (Lipinski definition) is 2. The van der Waals surface area contributed by atoms with Crippen LogP contribution in [0, 0.1) is 23.7 Å². The summed E-state index contributed by atoms with van der Waals surface area (Å²) in [5.41, 5.74) is 1.57. The fraction of sp³-hybridized carbons (Fsp3) is 0.500. The van der Waals surface area contributed by atoms with Crippen molar-refractivity contribution in [2.24, 2.45) is 23.7 Å². The Kier molecular flexibility index (Phi) is 3.25. The summed E-state index contributed by atoms with van der Waals surface area (Å²) in [5, 5.41) is 7.69. The molecule has 0 saturated heterocycles. The minimum Gasteiger partial charge on any atom is -0.349 e. The minimum atomic E-state index is 0.0542. The number of amides is 1. The smallest absolute Gasteiger partial charge is 0.253 e. The molecule has 0 unspecified atom stereocenters. The maximum atomic E-state index is 13.0. The van der Waals surface area contributed by atoms with Gasteiger partial charge in [-0.1, -0.05) is 12.1 Å². The van der Waals surface area contributed by atoms with Crippen molar-refractivity contribution < 1.29 is 4.79 Å². The van der Waals surface area contributed by atoms with Gasteiger partial charge in [0.25, 0.3) is 5.91 Å². The molecule has 1 heterocycles. The monoisotopic (exact) mass is 321 g/mol. The predicted molar refractivity (Wildman–Crippen MR) is 91.9 cm³/mol. The highest BCUT2D eigenvalue weighted by atomic mass is 16.1. The summed E-state index contributed by atoms with van der Waals surface area (Å²) >= 11 is 0. The number of nitrogens with one attached hydrogen (secondary N) is 1. The molecule has 1 aromatic carbocycles. The molecule has 4 fully saturated rings. The zero-order chi connectivity index (χ0) is 16.1. The van der Waals surface area contributed by atoms with Gasteiger partial charge in [0.15, 0.2) is 0 Å². The Balaban J connectivity index is 1.40. The average Bonchev–Trinajstić information content (AvgIpc) is 3.12. The van der Waals surface area contributed by atoms with Crippen LogP contribution in [0.25, 0.3) is 5.69 Å². The Bertz CT molecular complexity index is 724. The van der Waals surface area contributed by atoms with Crippen molar-refractivity contribution in [2.75, 3.05) is 0 Å². The first-order valence-electron chi connectivity index (χ1n) is 9.18. The van der Waals surface area contributed by atoms with E-state index in [2.05, 4.69) is 10.4 Å². The Labute approximate surface area is 142 Å². The molecular weight excluding hydrogens is 298 g/mol. The number of para-hydroxylation sites is 1. The molecule has 4 aliphatic carbocycles. The van der Waals surface area contributed by atoms with Gasteiger partial charge in [-0.25, -0.2) is 4.68 Å². The van der Waals surface area contributed by atoms with Crippen LogP contribution in [0.2, 0.25) is 0 Å². The highest BCUT2D eigenvalue weighted by Crippen LogP contribution is 2.53. The minimum absolute atomic E-state index is 0.0542. The Hall–Kier alpha value is -2.10. The lowest BCUT2D eigenvalue weighted by Gasteiger charge is -2.54. The van der Waals surface area contributed by atoms with Gasteiger partial charge in [0.05, 0.1) is 11.3 Å². The topological polar surface area (TPSA) is 46.9 Å². The molecule has 1 N–H and O–H groups in total. The normalized spacial score (nSPS) is 33.6. The van der Waals surface area contributed by atoms with Gasteiger partial charge in [-0.15, -0.1) is 0 Å². The molecule has 0 aliphatic heterocycles. The molecule has 0 atom stereocenters. The molecule has 1 aromatic heterocycles.